The van der Waals surface area contributed by atoms with E-state index in [1.54, 1.807) is 0 Å². The molecule has 19 heavy (non-hydrogen) atoms. The molecule has 1 aromatic heterocycles. The molecule has 2 heterocycles. The van der Waals surface area contributed by atoms with Gasteiger partial charge in [-0.1, -0.05) is 13.8 Å². The highest BCUT2D eigenvalue weighted by atomic mass is 16.5. The van der Waals surface area contributed by atoms with Crippen LogP contribution >= 0.6 is 0 Å². The molecule has 2 unspecified atom stereocenters. The molecule has 2 rings (SSSR count). The van der Waals surface area contributed by atoms with Crippen molar-refractivity contribution in [3.63, 3.8) is 0 Å². The Morgan fingerprint density at radius 3 is 3.00 bits per heavy atom. The van der Waals surface area contributed by atoms with Crippen LogP contribution in [-0.4, -0.2) is 48.8 Å². The number of hydrogen-bond acceptors (Lipinski definition) is 4. The first-order valence-electron chi connectivity index (χ1n) is 7.05. The van der Waals surface area contributed by atoms with Crippen LogP contribution in [0.5, 0.6) is 0 Å². The van der Waals surface area contributed by atoms with Crippen molar-refractivity contribution < 1.29 is 4.74 Å². The van der Waals surface area contributed by atoms with Crippen LogP contribution in [0, 0.1) is 6.92 Å². The molecule has 1 N–H and O–H groups in total. The summed E-state index contributed by atoms with van der Waals surface area (Å²) in [5, 5.41) is 3.48. The van der Waals surface area contributed by atoms with Gasteiger partial charge in [-0.2, -0.15) is 0 Å². The largest absolute Gasteiger partial charge is 0.374 e. The van der Waals surface area contributed by atoms with Crippen LogP contribution in [0.4, 0.5) is 0 Å². The fourth-order valence-corrected chi connectivity index (χ4v) is 2.61. The summed E-state index contributed by atoms with van der Waals surface area (Å²) >= 11 is 0. The number of rotatable bonds is 4. The first kappa shape index (κ1) is 14.4. The van der Waals surface area contributed by atoms with Crippen LogP contribution < -0.4 is 5.32 Å². The monoisotopic (exact) mass is 263 g/mol. The van der Waals surface area contributed by atoms with Gasteiger partial charge in [0.05, 0.1) is 18.8 Å². The van der Waals surface area contributed by atoms with Crippen LogP contribution in [0.2, 0.25) is 0 Å². The summed E-state index contributed by atoms with van der Waals surface area (Å²) in [4.78, 5) is 6.66. The second-order valence-electron chi connectivity index (χ2n) is 5.63. The van der Waals surface area contributed by atoms with Gasteiger partial charge in [-0.15, -0.1) is 0 Å². The third-order valence-corrected chi connectivity index (χ3v) is 3.73. The molecule has 0 aliphatic carbocycles. The second kappa shape index (κ2) is 6.46. The Balaban J connectivity index is 2.19. The normalized spacial score (nSPS) is 24.9. The van der Waals surface area contributed by atoms with Crippen molar-refractivity contribution in [1.29, 1.82) is 0 Å². The van der Waals surface area contributed by atoms with E-state index in [0.717, 1.165) is 19.7 Å². The minimum Gasteiger partial charge on any atom is -0.374 e. The molecule has 0 spiro atoms. The molecule has 4 heteroatoms. The first-order chi connectivity index (χ1) is 9.09. The number of nitrogens with zero attached hydrogens (tertiary/aromatic N) is 2. The Labute approximate surface area is 116 Å². The van der Waals surface area contributed by atoms with E-state index in [1.807, 2.05) is 12.4 Å². The minimum atomic E-state index is 0.184. The SMILES string of the molecule is Cc1ccncc1C1C(CNC(C)C)OCCN1C. The molecule has 4 nitrogen and oxygen atoms in total. The summed E-state index contributed by atoms with van der Waals surface area (Å²) < 4.78 is 5.99. The maximum Gasteiger partial charge on any atom is 0.0897 e. The van der Waals surface area contributed by atoms with E-state index < -0.39 is 0 Å². The van der Waals surface area contributed by atoms with Crippen LogP contribution in [0.25, 0.3) is 0 Å². The molecule has 0 radical (unpaired) electrons. The molecular formula is C15H25N3O. The predicted molar refractivity (Wildman–Crippen MR) is 77.2 cm³/mol. The molecule has 1 aliphatic heterocycles. The third-order valence-electron chi connectivity index (χ3n) is 3.73. The lowest BCUT2D eigenvalue weighted by molar-refractivity contribution is -0.0623. The van der Waals surface area contributed by atoms with E-state index in [-0.39, 0.29) is 12.1 Å². The van der Waals surface area contributed by atoms with Gasteiger partial charge in [0.25, 0.3) is 0 Å². The molecular weight excluding hydrogens is 238 g/mol. The number of hydrogen-bond donors (Lipinski definition) is 1. The highest BCUT2D eigenvalue weighted by Gasteiger charge is 2.32. The lowest BCUT2D eigenvalue weighted by Crippen LogP contribution is -2.48. The number of pyridine rings is 1. The summed E-state index contributed by atoms with van der Waals surface area (Å²) in [6.45, 7) is 9.12. The van der Waals surface area contributed by atoms with Gasteiger partial charge in [-0.25, -0.2) is 0 Å². The number of ether oxygens (including phenoxy) is 1. The van der Waals surface area contributed by atoms with E-state index in [9.17, 15) is 0 Å². The number of likely N-dealkylation sites (N-methyl/N-ethyl adjacent to an activating group) is 1. The van der Waals surface area contributed by atoms with E-state index in [0.29, 0.717) is 6.04 Å². The predicted octanol–water partition coefficient (Wildman–Crippen LogP) is 1.76. The van der Waals surface area contributed by atoms with Crippen LogP contribution in [0.1, 0.15) is 31.0 Å². The van der Waals surface area contributed by atoms with E-state index >= 15 is 0 Å². The summed E-state index contributed by atoms with van der Waals surface area (Å²) in [5.41, 5.74) is 2.56. The van der Waals surface area contributed by atoms with Gasteiger partial charge in [-0.3, -0.25) is 9.88 Å². The highest BCUT2D eigenvalue weighted by Crippen LogP contribution is 2.29. The molecule has 1 saturated heterocycles. The van der Waals surface area contributed by atoms with Crippen molar-refractivity contribution in [2.45, 2.75) is 39.0 Å². The Hall–Kier alpha value is -0.970. The zero-order valence-corrected chi connectivity index (χ0v) is 12.4. The maximum absolute atomic E-state index is 5.99. The molecule has 1 aromatic rings. The average molecular weight is 263 g/mol. The molecule has 0 saturated carbocycles. The lowest BCUT2D eigenvalue weighted by Gasteiger charge is -2.40. The van der Waals surface area contributed by atoms with Crippen molar-refractivity contribution in [2.75, 3.05) is 26.7 Å². The minimum absolute atomic E-state index is 0.184. The van der Waals surface area contributed by atoms with Crippen molar-refractivity contribution in [1.82, 2.24) is 15.2 Å². The number of morpholine rings is 1. The molecule has 0 bridgehead atoms. The highest BCUT2D eigenvalue weighted by molar-refractivity contribution is 5.26. The van der Waals surface area contributed by atoms with Crippen LogP contribution in [-0.2, 0) is 4.74 Å². The number of nitrogens with one attached hydrogen (secondary N) is 1. The van der Waals surface area contributed by atoms with Crippen molar-refractivity contribution in [3.05, 3.63) is 29.6 Å². The van der Waals surface area contributed by atoms with Gasteiger partial charge in [0, 0.05) is 31.5 Å². The molecule has 106 valence electrons. The molecule has 1 aliphatic rings. The smallest absolute Gasteiger partial charge is 0.0897 e. The van der Waals surface area contributed by atoms with Gasteiger partial charge in [0.1, 0.15) is 0 Å². The van der Waals surface area contributed by atoms with Gasteiger partial charge >= 0.3 is 0 Å². The van der Waals surface area contributed by atoms with Crippen LogP contribution in [0.15, 0.2) is 18.5 Å². The van der Waals surface area contributed by atoms with E-state index in [2.05, 4.69) is 49.1 Å². The van der Waals surface area contributed by atoms with Crippen molar-refractivity contribution >= 4 is 0 Å². The van der Waals surface area contributed by atoms with Gasteiger partial charge in [0.2, 0.25) is 0 Å². The van der Waals surface area contributed by atoms with Crippen LogP contribution in [0.3, 0.4) is 0 Å². The summed E-state index contributed by atoms with van der Waals surface area (Å²) in [6, 6.07) is 2.84. The quantitative estimate of drug-likeness (QED) is 0.898. The van der Waals surface area contributed by atoms with E-state index in [4.69, 9.17) is 4.74 Å². The third kappa shape index (κ3) is 3.53. The Bertz CT molecular complexity index is 408. The molecule has 1 fully saturated rings. The maximum atomic E-state index is 5.99. The topological polar surface area (TPSA) is 37.4 Å². The van der Waals surface area contributed by atoms with Gasteiger partial charge in [0.15, 0.2) is 0 Å². The van der Waals surface area contributed by atoms with E-state index in [1.165, 1.54) is 11.1 Å². The fourth-order valence-electron chi connectivity index (χ4n) is 2.61. The summed E-state index contributed by atoms with van der Waals surface area (Å²) in [6.07, 6.45) is 4.02. The lowest BCUT2D eigenvalue weighted by atomic mass is 9.96. The Morgan fingerprint density at radius 2 is 2.32 bits per heavy atom. The summed E-state index contributed by atoms with van der Waals surface area (Å²) in [5.74, 6) is 0. The molecule has 0 aromatic carbocycles. The number of aromatic nitrogens is 1. The molecule has 0 amide bonds. The Kier molecular flexibility index (Phi) is 4.91. The zero-order valence-electron chi connectivity index (χ0n) is 12.4. The zero-order chi connectivity index (χ0) is 13.8. The van der Waals surface area contributed by atoms with Crippen molar-refractivity contribution in [2.24, 2.45) is 0 Å². The van der Waals surface area contributed by atoms with Gasteiger partial charge in [-0.05, 0) is 31.2 Å². The average Bonchev–Trinajstić information content (AvgIpc) is 2.37. The van der Waals surface area contributed by atoms with Gasteiger partial charge < -0.3 is 10.1 Å². The van der Waals surface area contributed by atoms with Crippen molar-refractivity contribution in [3.8, 4) is 0 Å². The summed E-state index contributed by atoms with van der Waals surface area (Å²) in [7, 11) is 2.17. The Morgan fingerprint density at radius 1 is 1.53 bits per heavy atom. The first-order valence-corrected chi connectivity index (χ1v) is 7.05. The number of aryl methyl sites for hydroxylation is 1. The standard InChI is InChI=1S/C15H25N3O/c1-11(2)17-10-14-15(18(4)7-8-19-14)13-9-16-6-5-12(13)3/h5-6,9,11,14-15,17H,7-8,10H2,1-4H3. The molecule has 2 atom stereocenters. The second-order valence-corrected chi connectivity index (χ2v) is 5.63. The fraction of sp³-hybridized carbons (Fsp3) is 0.667.